The summed E-state index contributed by atoms with van der Waals surface area (Å²) in [6, 6.07) is 10.00. The van der Waals surface area contributed by atoms with E-state index in [1.165, 1.54) is 18.3 Å². The molecule has 0 unspecified atom stereocenters. The van der Waals surface area contributed by atoms with Gasteiger partial charge in [-0.05, 0) is 113 Å². The number of aromatic nitrogens is 3. The summed E-state index contributed by atoms with van der Waals surface area (Å²) in [4.78, 5) is 26.1. The number of piperidine rings is 1. The van der Waals surface area contributed by atoms with E-state index in [2.05, 4.69) is 25.6 Å². The van der Waals surface area contributed by atoms with Gasteiger partial charge in [0.2, 0.25) is 0 Å². The molecule has 0 amide bonds. The van der Waals surface area contributed by atoms with Gasteiger partial charge in [0.15, 0.2) is 0 Å². The van der Waals surface area contributed by atoms with Crippen LogP contribution in [0.1, 0.15) is 68.7 Å². The number of pyridine rings is 3. The van der Waals surface area contributed by atoms with E-state index in [4.69, 9.17) is 4.74 Å². The van der Waals surface area contributed by atoms with Crippen molar-refractivity contribution in [2.75, 3.05) is 18.4 Å². The van der Waals surface area contributed by atoms with Crippen molar-refractivity contribution < 1.29 is 23.4 Å². The van der Waals surface area contributed by atoms with Crippen molar-refractivity contribution in [2.45, 2.75) is 70.5 Å². The zero-order chi connectivity index (χ0) is 29.0. The third-order valence-electron chi connectivity index (χ3n) is 8.26. The molecule has 1 atom stereocenters. The Labute approximate surface area is 239 Å². The first-order valence-corrected chi connectivity index (χ1v) is 14.3. The summed E-state index contributed by atoms with van der Waals surface area (Å²) in [6.07, 6.45) is 5.00. The SMILES string of the molecule is Cc1cc(Nc2cc(C(F)F)ccn2)nc(-c2ccc([C@](C)(O)C3CCC(C(=O)OC4CCNCC4)CC3)nc2)c1. The highest BCUT2D eigenvalue weighted by atomic mass is 19.3. The number of nitrogens with one attached hydrogen (secondary N) is 2. The molecule has 10 heteroatoms. The van der Waals surface area contributed by atoms with Gasteiger partial charge in [-0.25, -0.2) is 18.7 Å². The lowest BCUT2D eigenvalue weighted by Gasteiger charge is -2.37. The Bertz CT molecular complexity index is 1340. The topological polar surface area (TPSA) is 109 Å². The number of aryl methyl sites for hydroxylation is 1. The maximum absolute atomic E-state index is 13.1. The maximum atomic E-state index is 13.1. The fraction of sp³-hybridized carbons (Fsp3) is 0.484. The molecule has 41 heavy (non-hydrogen) atoms. The maximum Gasteiger partial charge on any atom is 0.309 e. The minimum absolute atomic E-state index is 0.00963. The van der Waals surface area contributed by atoms with Gasteiger partial charge in [0, 0.05) is 23.5 Å². The number of anilines is 2. The fourth-order valence-electron chi connectivity index (χ4n) is 5.78. The normalized spacial score (nSPS) is 21.3. The lowest BCUT2D eigenvalue weighted by Crippen LogP contribution is -2.38. The Morgan fingerprint density at radius 2 is 1.80 bits per heavy atom. The first kappa shape index (κ1) is 29.0. The van der Waals surface area contributed by atoms with Crippen LogP contribution in [-0.2, 0) is 15.1 Å². The Balaban J connectivity index is 1.22. The van der Waals surface area contributed by atoms with Crippen molar-refractivity contribution in [3.05, 3.63) is 65.6 Å². The number of aliphatic hydroxyl groups is 1. The van der Waals surface area contributed by atoms with Gasteiger partial charge < -0.3 is 20.5 Å². The summed E-state index contributed by atoms with van der Waals surface area (Å²) in [6.45, 7) is 5.48. The van der Waals surface area contributed by atoms with Crippen molar-refractivity contribution in [3.8, 4) is 11.3 Å². The molecular formula is C31H37F2N5O3. The molecule has 3 aromatic rings. The minimum atomic E-state index is -2.59. The molecule has 0 aromatic carbocycles. The second-order valence-corrected chi connectivity index (χ2v) is 11.3. The zero-order valence-electron chi connectivity index (χ0n) is 23.4. The number of rotatable bonds is 8. The van der Waals surface area contributed by atoms with Gasteiger partial charge >= 0.3 is 5.97 Å². The first-order chi connectivity index (χ1) is 19.7. The van der Waals surface area contributed by atoms with E-state index in [1.54, 1.807) is 13.1 Å². The van der Waals surface area contributed by atoms with Crippen LogP contribution in [0.25, 0.3) is 11.3 Å². The van der Waals surface area contributed by atoms with Crippen molar-refractivity contribution >= 4 is 17.6 Å². The van der Waals surface area contributed by atoms with Crippen LogP contribution in [-0.4, -0.2) is 45.2 Å². The molecule has 3 N–H and O–H groups in total. The monoisotopic (exact) mass is 565 g/mol. The number of carbonyl (C=O) groups excluding carboxylic acids is 1. The number of halogens is 2. The second kappa shape index (κ2) is 12.6. The van der Waals surface area contributed by atoms with Crippen LogP contribution in [0.2, 0.25) is 0 Å². The van der Waals surface area contributed by atoms with E-state index in [0.717, 1.165) is 49.9 Å². The van der Waals surface area contributed by atoms with Crippen LogP contribution in [0.5, 0.6) is 0 Å². The van der Waals surface area contributed by atoms with Gasteiger partial charge in [0.25, 0.3) is 6.43 Å². The third kappa shape index (κ3) is 7.05. The third-order valence-corrected chi connectivity index (χ3v) is 8.26. The summed E-state index contributed by atoms with van der Waals surface area (Å²) in [5.41, 5.74) is 1.65. The van der Waals surface area contributed by atoms with Crippen LogP contribution in [0.15, 0.2) is 48.8 Å². The van der Waals surface area contributed by atoms with E-state index in [0.29, 0.717) is 30.0 Å². The summed E-state index contributed by atoms with van der Waals surface area (Å²) in [7, 11) is 0. The van der Waals surface area contributed by atoms with Gasteiger partial charge in [-0.1, -0.05) is 0 Å². The molecule has 0 radical (unpaired) electrons. The Morgan fingerprint density at radius 3 is 2.49 bits per heavy atom. The molecule has 3 aromatic heterocycles. The largest absolute Gasteiger partial charge is 0.462 e. The summed E-state index contributed by atoms with van der Waals surface area (Å²) in [5, 5.41) is 17.8. The number of carbonyl (C=O) groups is 1. The number of ether oxygens (including phenoxy) is 1. The summed E-state index contributed by atoms with van der Waals surface area (Å²) in [5.74, 6) is 0.522. The first-order valence-electron chi connectivity index (χ1n) is 14.3. The number of alkyl halides is 2. The van der Waals surface area contributed by atoms with Gasteiger partial charge in [-0.15, -0.1) is 0 Å². The second-order valence-electron chi connectivity index (χ2n) is 11.3. The molecule has 1 aliphatic carbocycles. The predicted molar refractivity (Wildman–Crippen MR) is 152 cm³/mol. The lowest BCUT2D eigenvalue weighted by atomic mass is 9.73. The molecule has 0 spiro atoms. The Hall–Kier alpha value is -3.50. The molecule has 1 aliphatic heterocycles. The van der Waals surface area contributed by atoms with E-state index in [1.807, 2.05) is 31.2 Å². The minimum Gasteiger partial charge on any atom is -0.462 e. The molecule has 0 bridgehead atoms. The molecule has 1 saturated carbocycles. The highest BCUT2D eigenvalue weighted by Crippen LogP contribution is 2.41. The molecule has 8 nitrogen and oxygen atoms in total. The predicted octanol–water partition coefficient (Wildman–Crippen LogP) is 5.84. The van der Waals surface area contributed by atoms with Gasteiger partial charge in [-0.2, -0.15) is 0 Å². The number of nitrogens with zero attached hydrogens (tertiary/aromatic N) is 3. The zero-order valence-corrected chi connectivity index (χ0v) is 23.4. The molecule has 2 fully saturated rings. The average molecular weight is 566 g/mol. The highest BCUT2D eigenvalue weighted by Gasteiger charge is 2.39. The molecule has 2 aliphatic rings. The van der Waals surface area contributed by atoms with Crippen LogP contribution >= 0.6 is 0 Å². The van der Waals surface area contributed by atoms with Crippen LogP contribution < -0.4 is 10.6 Å². The number of hydrogen-bond donors (Lipinski definition) is 3. The Kier molecular flexibility index (Phi) is 8.89. The average Bonchev–Trinajstić information content (AvgIpc) is 2.97. The Morgan fingerprint density at radius 1 is 1.05 bits per heavy atom. The molecular weight excluding hydrogens is 528 g/mol. The van der Waals surface area contributed by atoms with E-state index >= 15 is 0 Å². The standard InChI is InChI=1S/C31H37F2N5O3/c1-19-15-25(37-28(16-19)38-27-17-21(29(32)33)9-14-35-27)22-5-8-26(36-18-22)31(2,40)23-6-3-20(4-7-23)30(39)41-24-10-12-34-13-11-24/h5,8-9,14-18,20,23-24,29,34,40H,3-4,6-7,10-13H2,1-2H3,(H,35,37,38)/t20?,23?,31-/m1/s1. The van der Waals surface area contributed by atoms with Crippen LogP contribution in [0, 0.1) is 18.8 Å². The van der Waals surface area contributed by atoms with E-state index in [9.17, 15) is 18.7 Å². The highest BCUT2D eigenvalue weighted by molar-refractivity contribution is 5.72. The van der Waals surface area contributed by atoms with E-state index < -0.39 is 12.0 Å². The smallest absolute Gasteiger partial charge is 0.309 e. The number of esters is 1. The quantitative estimate of drug-likeness (QED) is 0.293. The summed E-state index contributed by atoms with van der Waals surface area (Å²) < 4.78 is 31.9. The van der Waals surface area contributed by atoms with Crippen LogP contribution in [0.4, 0.5) is 20.4 Å². The molecule has 218 valence electrons. The van der Waals surface area contributed by atoms with Gasteiger partial charge in [0.1, 0.15) is 23.3 Å². The van der Waals surface area contributed by atoms with Gasteiger partial charge in [-0.3, -0.25) is 9.78 Å². The fourth-order valence-corrected chi connectivity index (χ4v) is 5.78. The van der Waals surface area contributed by atoms with Crippen LogP contribution in [0.3, 0.4) is 0 Å². The molecule has 1 saturated heterocycles. The van der Waals surface area contributed by atoms with Crippen molar-refractivity contribution in [2.24, 2.45) is 11.8 Å². The van der Waals surface area contributed by atoms with Crippen molar-refractivity contribution in [3.63, 3.8) is 0 Å². The van der Waals surface area contributed by atoms with E-state index in [-0.39, 0.29) is 35.3 Å². The lowest BCUT2D eigenvalue weighted by molar-refractivity contribution is -0.157. The molecule has 5 rings (SSSR count). The summed E-state index contributed by atoms with van der Waals surface area (Å²) >= 11 is 0. The van der Waals surface area contributed by atoms with Gasteiger partial charge in [0.05, 0.1) is 17.3 Å². The molecule has 4 heterocycles. The van der Waals surface area contributed by atoms with Crippen molar-refractivity contribution in [1.29, 1.82) is 0 Å². The van der Waals surface area contributed by atoms with Crippen molar-refractivity contribution in [1.82, 2.24) is 20.3 Å². The number of hydrogen-bond acceptors (Lipinski definition) is 8.